The molecule has 3 rings (SSSR count). The van der Waals surface area contributed by atoms with Crippen LogP contribution in [0.25, 0.3) is 5.65 Å². The van der Waals surface area contributed by atoms with Crippen molar-refractivity contribution >= 4 is 35.6 Å². The van der Waals surface area contributed by atoms with Gasteiger partial charge in [0, 0.05) is 32.8 Å². The third-order valence-electron chi connectivity index (χ3n) is 4.46. The van der Waals surface area contributed by atoms with Gasteiger partial charge in [-0.15, -0.1) is 34.2 Å². The van der Waals surface area contributed by atoms with Gasteiger partial charge in [-0.3, -0.25) is 9.39 Å². The zero-order valence-corrected chi connectivity index (χ0v) is 18.8. The van der Waals surface area contributed by atoms with Gasteiger partial charge in [0.15, 0.2) is 11.6 Å². The van der Waals surface area contributed by atoms with Crippen molar-refractivity contribution in [3.63, 3.8) is 0 Å². The molecule has 10 heteroatoms. The molecule has 0 saturated heterocycles. The Bertz CT molecular complexity index is 953. The molecule has 0 bridgehead atoms. The van der Waals surface area contributed by atoms with Crippen LogP contribution in [0.5, 0.6) is 0 Å². The van der Waals surface area contributed by atoms with Crippen LogP contribution < -0.4 is 10.6 Å². The molecule has 0 radical (unpaired) electrons. The third kappa shape index (κ3) is 6.57. The number of alkyl halides is 3. The first-order valence-electron chi connectivity index (χ1n) is 9.36. The van der Waals surface area contributed by atoms with Crippen molar-refractivity contribution in [2.75, 3.05) is 20.1 Å². The molecule has 0 amide bonds. The molecule has 0 aliphatic heterocycles. The Balaban J connectivity index is 0.00000320. The number of guanidine groups is 1. The fourth-order valence-electron chi connectivity index (χ4n) is 2.92. The largest absolute Gasteiger partial charge is 0.416 e. The predicted molar refractivity (Wildman–Crippen MR) is 121 cm³/mol. The van der Waals surface area contributed by atoms with Crippen LogP contribution >= 0.6 is 24.0 Å². The number of aryl methyl sites for hydroxylation is 1. The summed E-state index contributed by atoms with van der Waals surface area (Å²) in [6, 6.07) is 11.0. The maximum Gasteiger partial charge on any atom is 0.416 e. The number of nitrogens with one attached hydrogen (secondary N) is 2. The summed E-state index contributed by atoms with van der Waals surface area (Å²) in [5.41, 5.74) is 1.03. The van der Waals surface area contributed by atoms with Crippen LogP contribution in [0.15, 0.2) is 53.7 Å². The highest BCUT2D eigenvalue weighted by atomic mass is 127. The highest BCUT2D eigenvalue weighted by molar-refractivity contribution is 14.0. The fraction of sp³-hybridized carbons (Fsp3) is 0.350. The molecule has 2 N–H and O–H groups in total. The van der Waals surface area contributed by atoms with Gasteiger partial charge in [-0.25, -0.2) is 0 Å². The summed E-state index contributed by atoms with van der Waals surface area (Å²) in [5, 5.41) is 14.7. The molecule has 162 valence electrons. The van der Waals surface area contributed by atoms with Gasteiger partial charge in [0.25, 0.3) is 0 Å². The van der Waals surface area contributed by atoms with Crippen molar-refractivity contribution in [3.8, 4) is 0 Å². The van der Waals surface area contributed by atoms with E-state index >= 15 is 0 Å². The average molecular weight is 532 g/mol. The van der Waals surface area contributed by atoms with Gasteiger partial charge < -0.3 is 10.6 Å². The number of nitrogens with zero attached hydrogens (tertiary/aromatic N) is 4. The molecular weight excluding hydrogens is 508 g/mol. The summed E-state index contributed by atoms with van der Waals surface area (Å²) < 4.78 is 39.7. The normalized spacial score (nSPS) is 11.9. The molecular formula is C20H24F3IN6. The lowest BCUT2D eigenvalue weighted by Gasteiger charge is -2.12. The SMILES string of the molecule is CN=C(NCCCc1nnc2ccccn12)NCCc1ccc(C(F)(F)F)cc1.I. The Hall–Kier alpha value is -2.37. The number of halogens is 4. The standard InChI is InChI=1S/C20H23F3N6.HI/c1-24-19(26-13-11-15-7-9-16(10-8-15)20(21,22)23)25-12-4-6-18-28-27-17-5-2-3-14-29(17)18;/h2-3,5,7-10,14H,4,6,11-13H2,1H3,(H2,24,25,26);1H. The van der Waals surface area contributed by atoms with Crippen LogP contribution in [-0.4, -0.2) is 40.7 Å². The Morgan fingerprint density at radius 1 is 1.00 bits per heavy atom. The molecule has 0 aliphatic rings. The van der Waals surface area contributed by atoms with Crippen molar-refractivity contribution in [2.45, 2.75) is 25.4 Å². The number of benzene rings is 1. The first-order chi connectivity index (χ1) is 14.0. The summed E-state index contributed by atoms with van der Waals surface area (Å²) in [4.78, 5) is 4.16. The minimum Gasteiger partial charge on any atom is -0.356 e. The van der Waals surface area contributed by atoms with Gasteiger partial charge in [-0.1, -0.05) is 18.2 Å². The van der Waals surface area contributed by atoms with E-state index in [-0.39, 0.29) is 24.0 Å². The van der Waals surface area contributed by atoms with Gasteiger partial charge in [0.2, 0.25) is 0 Å². The van der Waals surface area contributed by atoms with Crippen molar-refractivity contribution in [1.82, 2.24) is 25.2 Å². The summed E-state index contributed by atoms with van der Waals surface area (Å²) in [6.45, 7) is 1.28. The minimum atomic E-state index is -4.30. The second-order valence-corrected chi connectivity index (χ2v) is 6.52. The van der Waals surface area contributed by atoms with Crippen LogP contribution in [0.2, 0.25) is 0 Å². The zero-order chi connectivity index (χ0) is 20.7. The van der Waals surface area contributed by atoms with Crippen molar-refractivity contribution in [3.05, 3.63) is 65.6 Å². The summed E-state index contributed by atoms with van der Waals surface area (Å²) in [5.74, 6) is 1.57. The Morgan fingerprint density at radius 2 is 1.73 bits per heavy atom. The monoisotopic (exact) mass is 532 g/mol. The number of pyridine rings is 1. The fourth-order valence-corrected chi connectivity index (χ4v) is 2.92. The Kier molecular flexibility index (Phi) is 8.88. The molecule has 1 aromatic carbocycles. The van der Waals surface area contributed by atoms with Gasteiger partial charge in [0.1, 0.15) is 5.82 Å². The molecule has 0 atom stereocenters. The van der Waals surface area contributed by atoms with Gasteiger partial charge in [-0.2, -0.15) is 13.2 Å². The number of fused-ring (bicyclic) bond motifs is 1. The molecule has 30 heavy (non-hydrogen) atoms. The molecule has 2 heterocycles. The smallest absolute Gasteiger partial charge is 0.356 e. The van der Waals surface area contributed by atoms with E-state index in [0.717, 1.165) is 42.0 Å². The molecule has 0 unspecified atom stereocenters. The topological polar surface area (TPSA) is 66.6 Å². The van der Waals surface area contributed by atoms with Crippen LogP contribution in [-0.2, 0) is 19.0 Å². The van der Waals surface area contributed by atoms with Crippen molar-refractivity contribution in [2.24, 2.45) is 4.99 Å². The lowest BCUT2D eigenvalue weighted by molar-refractivity contribution is -0.137. The summed E-state index contributed by atoms with van der Waals surface area (Å²) in [6.07, 6.45) is -0.123. The number of hydrogen-bond acceptors (Lipinski definition) is 3. The minimum absolute atomic E-state index is 0. The molecule has 0 fully saturated rings. The molecule has 6 nitrogen and oxygen atoms in total. The van der Waals surface area contributed by atoms with Crippen molar-refractivity contribution in [1.29, 1.82) is 0 Å². The first-order valence-corrected chi connectivity index (χ1v) is 9.36. The third-order valence-corrected chi connectivity index (χ3v) is 4.46. The van der Waals surface area contributed by atoms with Gasteiger partial charge in [-0.05, 0) is 42.7 Å². The van der Waals surface area contributed by atoms with Crippen LogP contribution in [0, 0.1) is 0 Å². The molecule has 3 aromatic rings. The number of aromatic nitrogens is 3. The van der Waals surface area contributed by atoms with E-state index in [2.05, 4.69) is 25.8 Å². The summed E-state index contributed by atoms with van der Waals surface area (Å²) in [7, 11) is 1.68. The molecule has 0 aliphatic carbocycles. The second kappa shape index (κ2) is 11.1. The van der Waals surface area contributed by atoms with E-state index < -0.39 is 11.7 Å². The predicted octanol–water partition coefficient (Wildman–Crippen LogP) is 3.71. The molecule has 0 saturated carbocycles. The average Bonchev–Trinajstić information content (AvgIpc) is 3.12. The Morgan fingerprint density at radius 3 is 2.43 bits per heavy atom. The van der Waals surface area contributed by atoms with Crippen LogP contribution in [0.3, 0.4) is 0 Å². The van der Waals surface area contributed by atoms with E-state index in [0.29, 0.717) is 25.5 Å². The van der Waals surface area contributed by atoms with Crippen molar-refractivity contribution < 1.29 is 13.2 Å². The van der Waals surface area contributed by atoms with E-state index in [1.54, 1.807) is 7.05 Å². The quantitative estimate of drug-likeness (QED) is 0.211. The second-order valence-electron chi connectivity index (χ2n) is 6.52. The zero-order valence-electron chi connectivity index (χ0n) is 16.5. The number of hydrogen-bond donors (Lipinski definition) is 2. The van der Waals surface area contributed by atoms with Crippen LogP contribution in [0.4, 0.5) is 13.2 Å². The maximum atomic E-state index is 12.6. The van der Waals surface area contributed by atoms with Crippen LogP contribution in [0.1, 0.15) is 23.4 Å². The highest BCUT2D eigenvalue weighted by Crippen LogP contribution is 2.29. The van der Waals surface area contributed by atoms with Gasteiger partial charge in [0.05, 0.1) is 5.56 Å². The van der Waals surface area contributed by atoms with Gasteiger partial charge >= 0.3 is 6.18 Å². The molecule has 2 aromatic heterocycles. The van der Waals surface area contributed by atoms with E-state index in [9.17, 15) is 13.2 Å². The lowest BCUT2D eigenvalue weighted by atomic mass is 10.1. The maximum absolute atomic E-state index is 12.6. The number of aliphatic imine (C=N–C) groups is 1. The Labute approximate surface area is 190 Å². The molecule has 0 spiro atoms. The van der Waals surface area contributed by atoms with E-state index in [1.165, 1.54) is 12.1 Å². The lowest BCUT2D eigenvalue weighted by Crippen LogP contribution is -2.38. The number of rotatable bonds is 7. The highest BCUT2D eigenvalue weighted by Gasteiger charge is 2.29. The summed E-state index contributed by atoms with van der Waals surface area (Å²) >= 11 is 0. The van der Waals surface area contributed by atoms with E-state index in [4.69, 9.17) is 0 Å². The van der Waals surface area contributed by atoms with E-state index in [1.807, 2.05) is 28.8 Å². The first kappa shape index (κ1) is 23.9.